The van der Waals surface area contributed by atoms with Crippen molar-refractivity contribution in [2.75, 3.05) is 53.2 Å². The molecule has 3 rings (SSSR count). The number of rotatable bonds is 5. The molecule has 1 saturated heterocycles. The van der Waals surface area contributed by atoms with E-state index < -0.39 is 0 Å². The Kier molecular flexibility index (Phi) is 4.40. The number of benzene rings is 1. The first-order chi connectivity index (χ1) is 9.85. The summed E-state index contributed by atoms with van der Waals surface area (Å²) in [4.78, 5) is 4.94. The Hall–Kier alpha value is -1.30. The lowest BCUT2D eigenvalue weighted by atomic mass is 10.1. The summed E-state index contributed by atoms with van der Waals surface area (Å²) in [5.41, 5.74) is 1.29. The van der Waals surface area contributed by atoms with Gasteiger partial charge in [0.2, 0.25) is 6.79 Å². The van der Waals surface area contributed by atoms with E-state index in [1.165, 1.54) is 5.56 Å². The third-order valence-corrected chi connectivity index (χ3v) is 3.92. The predicted octanol–water partition coefficient (Wildman–Crippen LogP) is 1.18. The maximum Gasteiger partial charge on any atom is 0.231 e. The highest BCUT2D eigenvalue weighted by Crippen LogP contribution is 2.32. The average Bonchev–Trinajstić information content (AvgIpc) is 2.94. The lowest BCUT2D eigenvalue weighted by Crippen LogP contribution is -2.46. The van der Waals surface area contributed by atoms with Crippen molar-refractivity contribution in [3.63, 3.8) is 0 Å². The number of methoxy groups -OCH3 is 1. The monoisotopic (exact) mass is 278 g/mol. The standard InChI is InChI=1S/C15H22N2O3/c1-18-9-8-16-4-6-17(7-5-16)11-13-2-3-14-15(10-13)20-12-19-14/h2-3,10H,4-9,11-12H2,1H3. The first kappa shape index (κ1) is 13.7. The van der Waals surface area contributed by atoms with E-state index in [-0.39, 0.29) is 0 Å². The zero-order valence-electron chi connectivity index (χ0n) is 12.0. The smallest absolute Gasteiger partial charge is 0.231 e. The van der Waals surface area contributed by atoms with Crippen LogP contribution in [0.1, 0.15) is 5.56 Å². The summed E-state index contributed by atoms with van der Waals surface area (Å²) in [7, 11) is 1.76. The topological polar surface area (TPSA) is 34.2 Å². The molecule has 0 spiro atoms. The second kappa shape index (κ2) is 6.43. The highest BCUT2D eigenvalue weighted by atomic mass is 16.7. The summed E-state index contributed by atoms with van der Waals surface area (Å²) >= 11 is 0. The fourth-order valence-corrected chi connectivity index (χ4v) is 2.69. The first-order valence-corrected chi connectivity index (χ1v) is 7.17. The first-order valence-electron chi connectivity index (χ1n) is 7.17. The third kappa shape index (κ3) is 3.23. The Morgan fingerprint density at radius 3 is 2.60 bits per heavy atom. The molecule has 1 aromatic carbocycles. The molecule has 2 heterocycles. The number of hydrogen-bond donors (Lipinski definition) is 0. The highest BCUT2D eigenvalue weighted by Gasteiger charge is 2.18. The van der Waals surface area contributed by atoms with Gasteiger partial charge in [-0.1, -0.05) is 6.07 Å². The van der Waals surface area contributed by atoms with E-state index in [9.17, 15) is 0 Å². The summed E-state index contributed by atoms with van der Waals surface area (Å²) in [5, 5.41) is 0. The van der Waals surface area contributed by atoms with Crippen LogP contribution in [0, 0.1) is 0 Å². The minimum absolute atomic E-state index is 0.344. The molecule has 110 valence electrons. The summed E-state index contributed by atoms with van der Waals surface area (Å²) < 4.78 is 15.9. The lowest BCUT2D eigenvalue weighted by molar-refractivity contribution is 0.0938. The van der Waals surface area contributed by atoms with Gasteiger partial charge in [-0.25, -0.2) is 0 Å². The largest absolute Gasteiger partial charge is 0.454 e. The van der Waals surface area contributed by atoms with Gasteiger partial charge in [0.05, 0.1) is 6.61 Å². The average molecular weight is 278 g/mol. The molecule has 0 radical (unpaired) electrons. The molecule has 1 fully saturated rings. The molecule has 0 bridgehead atoms. The van der Waals surface area contributed by atoms with Crippen LogP contribution in [0.25, 0.3) is 0 Å². The van der Waals surface area contributed by atoms with Gasteiger partial charge in [-0.15, -0.1) is 0 Å². The number of nitrogens with zero attached hydrogens (tertiary/aromatic N) is 2. The van der Waals surface area contributed by atoms with Gasteiger partial charge in [-0.05, 0) is 17.7 Å². The fourth-order valence-electron chi connectivity index (χ4n) is 2.69. The maximum atomic E-state index is 5.43. The molecule has 0 amide bonds. The molecular formula is C15H22N2O3. The molecule has 5 heteroatoms. The second-order valence-electron chi connectivity index (χ2n) is 5.30. The lowest BCUT2D eigenvalue weighted by Gasteiger charge is -2.34. The van der Waals surface area contributed by atoms with Gasteiger partial charge in [-0.2, -0.15) is 0 Å². The molecule has 20 heavy (non-hydrogen) atoms. The normalized spacial score (nSPS) is 19.4. The molecule has 0 unspecified atom stereocenters. The zero-order valence-corrected chi connectivity index (χ0v) is 12.0. The van der Waals surface area contributed by atoms with Crippen molar-refractivity contribution < 1.29 is 14.2 Å². The number of fused-ring (bicyclic) bond motifs is 1. The van der Waals surface area contributed by atoms with Gasteiger partial charge in [0.25, 0.3) is 0 Å². The summed E-state index contributed by atoms with van der Waals surface area (Å²) in [6, 6.07) is 6.23. The number of hydrogen-bond acceptors (Lipinski definition) is 5. The van der Waals surface area contributed by atoms with Crippen molar-refractivity contribution >= 4 is 0 Å². The van der Waals surface area contributed by atoms with E-state index in [1.807, 2.05) is 6.07 Å². The molecule has 0 N–H and O–H groups in total. The zero-order chi connectivity index (χ0) is 13.8. The molecule has 0 aliphatic carbocycles. The minimum Gasteiger partial charge on any atom is -0.454 e. The van der Waals surface area contributed by atoms with Crippen molar-refractivity contribution in [3.05, 3.63) is 23.8 Å². The van der Waals surface area contributed by atoms with E-state index >= 15 is 0 Å². The quantitative estimate of drug-likeness (QED) is 0.808. The highest BCUT2D eigenvalue weighted by molar-refractivity contribution is 5.44. The molecule has 2 aliphatic rings. The van der Waals surface area contributed by atoms with Crippen LogP contribution < -0.4 is 9.47 Å². The van der Waals surface area contributed by atoms with Crippen LogP contribution in [0.5, 0.6) is 11.5 Å². The van der Waals surface area contributed by atoms with Gasteiger partial charge in [0, 0.05) is 46.4 Å². The fraction of sp³-hybridized carbons (Fsp3) is 0.600. The van der Waals surface area contributed by atoms with Crippen molar-refractivity contribution in [1.29, 1.82) is 0 Å². The summed E-state index contributed by atoms with van der Waals surface area (Å²) in [6.45, 7) is 7.64. The maximum absolute atomic E-state index is 5.43. The number of ether oxygens (including phenoxy) is 3. The molecule has 0 atom stereocenters. The molecule has 0 aromatic heterocycles. The molecule has 0 saturated carbocycles. The van der Waals surface area contributed by atoms with Gasteiger partial charge >= 0.3 is 0 Å². The van der Waals surface area contributed by atoms with Crippen molar-refractivity contribution in [2.45, 2.75) is 6.54 Å². The van der Waals surface area contributed by atoms with E-state index in [2.05, 4.69) is 21.9 Å². The van der Waals surface area contributed by atoms with E-state index in [4.69, 9.17) is 14.2 Å². The van der Waals surface area contributed by atoms with Gasteiger partial charge in [0.15, 0.2) is 11.5 Å². The van der Waals surface area contributed by atoms with Crippen LogP contribution in [0.15, 0.2) is 18.2 Å². The van der Waals surface area contributed by atoms with Crippen LogP contribution in [0.2, 0.25) is 0 Å². The third-order valence-electron chi connectivity index (χ3n) is 3.92. The van der Waals surface area contributed by atoms with Crippen LogP contribution in [-0.4, -0.2) is 63.0 Å². The van der Waals surface area contributed by atoms with Gasteiger partial charge in [-0.3, -0.25) is 9.80 Å². The van der Waals surface area contributed by atoms with Crippen LogP contribution in [-0.2, 0) is 11.3 Å². The van der Waals surface area contributed by atoms with Crippen LogP contribution in [0.3, 0.4) is 0 Å². The Balaban J connectivity index is 1.50. The van der Waals surface area contributed by atoms with E-state index in [1.54, 1.807) is 7.11 Å². The van der Waals surface area contributed by atoms with Crippen molar-refractivity contribution in [2.24, 2.45) is 0 Å². The van der Waals surface area contributed by atoms with Crippen molar-refractivity contribution in [1.82, 2.24) is 9.80 Å². The van der Waals surface area contributed by atoms with Gasteiger partial charge < -0.3 is 14.2 Å². The van der Waals surface area contributed by atoms with Crippen LogP contribution in [0.4, 0.5) is 0 Å². The molecule has 1 aromatic rings. The molecule has 5 nitrogen and oxygen atoms in total. The van der Waals surface area contributed by atoms with Crippen molar-refractivity contribution in [3.8, 4) is 11.5 Å². The summed E-state index contributed by atoms with van der Waals surface area (Å²) in [5.74, 6) is 1.74. The van der Waals surface area contributed by atoms with Gasteiger partial charge in [0.1, 0.15) is 0 Å². The van der Waals surface area contributed by atoms with E-state index in [0.29, 0.717) is 6.79 Å². The minimum atomic E-state index is 0.344. The SMILES string of the molecule is COCCN1CCN(Cc2ccc3c(c2)OCO3)CC1. The summed E-state index contributed by atoms with van der Waals surface area (Å²) in [6.07, 6.45) is 0. The Morgan fingerprint density at radius 2 is 1.80 bits per heavy atom. The Morgan fingerprint density at radius 1 is 1.05 bits per heavy atom. The molecular weight excluding hydrogens is 256 g/mol. The molecule has 2 aliphatic heterocycles. The number of piperazine rings is 1. The second-order valence-corrected chi connectivity index (χ2v) is 5.30. The van der Waals surface area contributed by atoms with E-state index in [0.717, 1.165) is 57.4 Å². The van der Waals surface area contributed by atoms with Crippen LogP contribution >= 0.6 is 0 Å². The Labute approximate surface area is 120 Å². The Bertz CT molecular complexity index is 445. The predicted molar refractivity (Wildman–Crippen MR) is 76.2 cm³/mol.